The monoisotopic (exact) mass is 220 g/mol. The van der Waals surface area contributed by atoms with Gasteiger partial charge in [0, 0.05) is 0 Å². The number of hydrogen-bond donors (Lipinski definition) is 2. The number of nitrogens with one attached hydrogen (secondary N) is 1. The van der Waals surface area contributed by atoms with E-state index in [2.05, 4.69) is 5.32 Å². The minimum Gasteiger partial charge on any atom is -0.394 e. The van der Waals surface area contributed by atoms with Gasteiger partial charge in [-0.2, -0.15) is 0 Å². The molecule has 0 aromatic heterocycles. The number of rotatable bonds is 3. The zero-order chi connectivity index (χ0) is 11.5. The molecule has 1 aliphatic heterocycles. The summed E-state index contributed by atoms with van der Waals surface area (Å²) in [5.74, 6) is -0.334. The third kappa shape index (κ3) is 1.90. The first-order valence-electron chi connectivity index (χ1n) is 4.98. The van der Waals surface area contributed by atoms with Gasteiger partial charge in [-0.25, -0.2) is 4.79 Å². The van der Waals surface area contributed by atoms with E-state index in [0.717, 1.165) is 5.56 Å². The molecule has 1 fully saturated rings. The Hall–Kier alpha value is -1.88. The molecule has 0 bridgehead atoms. The van der Waals surface area contributed by atoms with Crippen molar-refractivity contribution in [2.75, 3.05) is 13.2 Å². The summed E-state index contributed by atoms with van der Waals surface area (Å²) in [6.07, 6.45) is 0. The molecule has 2 rings (SSSR count). The van der Waals surface area contributed by atoms with Crippen LogP contribution >= 0.6 is 0 Å². The van der Waals surface area contributed by atoms with Crippen molar-refractivity contribution < 1.29 is 14.7 Å². The molecule has 1 unspecified atom stereocenters. The van der Waals surface area contributed by atoms with Crippen LogP contribution in [0, 0.1) is 0 Å². The normalized spacial score (nSPS) is 17.4. The second kappa shape index (κ2) is 4.32. The van der Waals surface area contributed by atoms with Gasteiger partial charge in [-0.05, 0) is 5.56 Å². The van der Waals surface area contributed by atoms with Gasteiger partial charge in [0.15, 0.2) is 0 Å². The lowest BCUT2D eigenvalue weighted by molar-refractivity contribution is -0.118. The summed E-state index contributed by atoms with van der Waals surface area (Å²) in [7, 11) is 0. The molecule has 5 heteroatoms. The predicted octanol–water partition coefficient (Wildman–Crippen LogP) is 0.272. The molecule has 84 valence electrons. The second-order valence-electron chi connectivity index (χ2n) is 3.59. The molecule has 16 heavy (non-hydrogen) atoms. The van der Waals surface area contributed by atoms with E-state index < -0.39 is 12.1 Å². The molecule has 5 nitrogen and oxygen atoms in total. The average Bonchev–Trinajstić information content (AvgIpc) is 2.61. The van der Waals surface area contributed by atoms with Gasteiger partial charge in [-0.3, -0.25) is 10.1 Å². The number of aliphatic hydroxyl groups is 1. The van der Waals surface area contributed by atoms with Crippen molar-refractivity contribution in [2.24, 2.45) is 0 Å². The number of imide groups is 1. The van der Waals surface area contributed by atoms with Crippen molar-refractivity contribution in [3.05, 3.63) is 35.9 Å². The molecule has 0 radical (unpaired) electrons. The Morgan fingerprint density at radius 2 is 2.00 bits per heavy atom. The van der Waals surface area contributed by atoms with Crippen molar-refractivity contribution in [1.29, 1.82) is 0 Å². The minimum atomic E-state index is -0.465. The molecule has 1 saturated heterocycles. The summed E-state index contributed by atoms with van der Waals surface area (Å²) in [4.78, 5) is 23.8. The number of hydrogen-bond acceptors (Lipinski definition) is 3. The molecule has 3 amide bonds. The third-order valence-electron chi connectivity index (χ3n) is 2.55. The summed E-state index contributed by atoms with van der Waals surface area (Å²) in [6.45, 7) is -0.205. The number of carbonyl (C=O) groups is 2. The van der Waals surface area contributed by atoms with Gasteiger partial charge in [0.05, 0.1) is 12.6 Å². The first kappa shape index (κ1) is 10.6. The maximum Gasteiger partial charge on any atom is 0.325 e. The topological polar surface area (TPSA) is 69.6 Å². The van der Waals surface area contributed by atoms with Gasteiger partial charge in [0.1, 0.15) is 6.54 Å². The first-order valence-corrected chi connectivity index (χ1v) is 4.98. The minimum absolute atomic E-state index is 0.00104. The van der Waals surface area contributed by atoms with Crippen molar-refractivity contribution >= 4 is 11.9 Å². The fraction of sp³-hybridized carbons (Fsp3) is 0.273. The number of nitrogens with zero attached hydrogens (tertiary/aromatic N) is 1. The van der Waals surface area contributed by atoms with E-state index in [9.17, 15) is 14.7 Å². The highest BCUT2D eigenvalue weighted by molar-refractivity contribution is 6.02. The lowest BCUT2D eigenvalue weighted by Crippen LogP contribution is -2.34. The average molecular weight is 220 g/mol. The molecule has 0 spiro atoms. The lowest BCUT2D eigenvalue weighted by Gasteiger charge is -2.24. The van der Waals surface area contributed by atoms with Crippen LogP contribution in [-0.4, -0.2) is 35.1 Å². The van der Waals surface area contributed by atoms with Crippen LogP contribution < -0.4 is 5.32 Å². The van der Waals surface area contributed by atoms with Crippen LogP contribution in [0.5, 0.6) is 0 Å². The number of urea groups is 1. The van der Waals surface area contributed by atoms with E-state index in [4.69, 9.17) is 0 Å². The zero-order valence-corrected chi connectivity index (χ0v) is 8.59. The molecular weight excluding hydrogens is 208 g/mol. The van der Waals surface area contributed by atoms with Crippen LogP contribution in [0.25, 0.3) is 0 Å². The standard InChI is InChI=1S/C11H12N2O3/c14-7-9(8-4-2-1-3-5-8)13-6-10(15)12-11(13)16/h1-5,9,14H,6-7H2,(H,12,15,16). The van der Waals surface area contributed by atoms with Crippen LogP contribution in [-0.2, 0) is 4.79 Å². The summed E-state index contributed by atoms with van der Waals surface area (Å²) in [5.41, 5.74) is 0.815. The van der Waals surface area contributed by atoms with Gasteiger partial charge in [0.25, 0.3) is 0 Å². The molecule has 2 N–H and O–H groups in total. The second-order valence-corrected chi connectivity index (χ2v) is 3.59. The quantitative estimate of drug-likeness (QED) is 0.718. The van der Waals surface area contributed by atoms with E-state index in [1.54, 1.807) is 0 Å². The van der Waals surface area contributed by atoms with Gasteiger partial charge in [-0.15, -0.1) is 0 Å². The maximum absolute atomic E-state index is 11.4. The van der Waals surface area contributed by atoms with Crippen LogP contribution in [0.1, 0.15) is 11.6 Å². The SMILES string of the molecule is O=C1CN(C(CO)c2ccccc2)C(=O)N1. The highest BCUT2D eigenvalue weighted by atomic mass is 16.3. The number of benzene rings is 1. The van der Waals surface area contributed by atoms with E-state index >= 15 is 0 Å². The Balaban J connectivity index is 2.24. The van der Waals surface area contributed by atoms with Crippen LogP contribution in [0.2, 0.25) is 0 Å². The Labute approximate surface area is 92.7 Å². The zero-order valence-electron chi connectivity index (χ0n) is 8.59. The maximum atomic E-state index is 11.4. The predicted molar refractivity (Wildman–Crippen MR) is 56.5 cm³/mol. The Bertz CT molecular complexity index is 405. The summed E-state index contributed by atoms with van der Waals surface area (Å²) in [5, 5.41) is 11.5. The van der Waals surface area contributed by atoms with Gasteiger partial charge < -0.3 is 10.0 Å². The largest absolute Gasteiger partial charge is 0.394 e. The molecule has 0 saturated carbocycles. The van der Waals surface area contributed by atoms with E-state index in [0.29, 0.717) is 0 Å². The number of carbonyl (C=O) groups excluding carboxylic acids is 2. The van der Waals surface area contributed by atoms with E-state index in [-0.39, 0.29) is 19.1 Å². The van der Waals surface area contributed by atoms with Crippen LogP contribution in [0.4, 0.5) is 4.79 Å². The molecular formula is C11H12N2O3. The lowest BCUT2D eigenvalue weighted by atomic mass is 10.1. The van der Waals surface area contributed by atoms with Gasteiger partial charge >= 0.3 is 6.03 Å². The molecule has 0 aliphatic carbocycles. The Morgan fingerprint density at radius 1 is 1.31 bits per heavy atom. The molecule has 1 aromatic carbocycles. The number of amides is 3. The Kier molecular flexibility index (Phi) is 2.87. The molecule has 1 heterocycles. The van der Waals surface area contributed by atoms with E-state index in [1.807, 2.05) is 30.3 Å². The van der Waals surface area contributed by atoms with Crippen molar-refractivity contribution in [3.8, 4) is 0 Å². The summed E-state index contributed by atoms with van der Waals surface area (Å²) >= 11 is 0. The first-order chi connectivity index (χ1) is 7.72. The smallest absolute Gasteiger partial charge is 0.325 e. The van der Waals surface area contributed by atoms with Gasteiger partial charge in [0.2, 0.25) is 5.91 Å². The Morgan fingerprint density at radius 3 is 2.50 bits per heavy atom. The van der Waals surface area contributed by atoms with Crippen molar-refractivity contribution in [2.45, 2.75) is 6.04 Å². The summed E-state index contributed by atoms with van der Waals surface area (Å²) < 4.78 is 0. The molecule has 1 atom stereocenters. The molecule has 1 aromatic rings. The number of aliphatic hydroxyl groups excluding tert-OH is 1. The molecule has 1 aliphatic rings. The van der Waals surface area contributed by atoms with E-state index in [1.165, 1.54) is 4.90 Å². The third-order valence-corrected chi connectivity index (χ3v) is 2.55. The van der Waals surface area contributed by atoms with Crippen molar-refractivity contribution in [1.82, 2.24) is 10.2 Å². The van der Waals surface area contributed by atoms with Gasteiger partial charge in [-0.1, -0.05) is 30.3 Å². The highest BCUT2D eigenvalue weighted by Gasteiger charge is 2.33. The highest BCUT2D eigenvalue weighted by Crippen LogP contribution is 2.21. The fourth-order valence-corrected chi connectivity index (χ4v) is 1.77. The summed E-state index contributed by atoms with van der Waals surface area (Å²) in [6, 6.07) is 8.23. The van der Waals surface area contributed by atoms with Crippen LogP contribution in [0.3, 0.4) is 0 Å². The fourth-order valence-electron chi connectivity index (χ4n) is 1.77. The van der Waals surface area contributed by atoms with Crippen LogP contribution in [0.15, 0.2) is 30.3 Å². The van der Waals surface area contributed by atoms with Crippen molar-refractivity contribution in [3.63, 3.8) is 0 Å².